The Morgan fingerprint density at radius 3 is 2.71 bits per heavy atom. The predicted molar refractivity (Wildman–Crippen MR) is 78.5 cm³/mol. The molecule has 0 radical (unpaired) electrons. The van der Waals surface area contributed by atoms with Gasteiger partial charge in [0.05, 0.1) is 13.0 Å². The molecule has 1 heterocycles. The third-order valence-corrected chi connectivity index (χ3v) is 3.99. The van der Waals surface area contributed by atoms with Crippen molar-refractivity contribution in [3.05, 3.63) is 30.1 Å². The number of carbonyl (C=O) groups excluding carboxylic acids is 2. The minimum Gasteiger partial charge on any atom is -0.469 e. The lowest BCUT2D eigenvalue weighted by molar-refractivity contribution is -0.146. The lowest BCUT2D eigenvalue weighted by Gasteiger charge is -2.27. The molecule has 1 amide bonds. The van der Waals surface area contributed by atoms with Crippen LogP contribution >= 0.6 is 0 Å². The average Bonchev–Trinajstić information content (AvgIpc) is 2.54. The summed E-state index contributed by atoms with van der Waals surface area (Å²) >= 11 is 0. The topological polar surface area (TPSA) is 68.3 Å². The van der Waals surface area contributed by atoms with Crippen LogP contribution in [0.15, 0.2) is 24.5 Å². The van der Waals surface area contributed by atoms with Gasteiger partial charge in [-0.3, -0.25) is 14.6 Å². The maximum atomic E-state index is 11.9. The number of aromatic nitrogens is 1. The van der Waals surface area contributed by atoms with E-state index in [1.54, 1.807) is 12.4 Å². The first-order chi connectivity index (χ1) is 10.2. The van der Waals surface area contributed by atoms with Gasteiger partial charge in [0.15, 0.2) is 0 Å². The Balaban J connectivity index is 1.68. The summed E-state index contributed by atoms with van der Waals surface area (Å²) in [6.07, 6.45) is 7.97. The van der Waals surface area contributed by atoms with Crippen molar-refractivity contribution in [1.82, 2.24) is 10.3 Å². The molecule has 1 aliphatic rings. The van der Waals surface area contributed by atoms with Gasteiger partial charge < -0.3 is 10.1 Å². The molecule has 1 aromatic heterocycles. The lowest BCUT2D eigenvalue weighted by atomic mass is 9.86. The molecular weight excluding hydrogens is 268 g/mol. The van der Waals surface area contributed by atoms with Crippen molar-refractivity contribution >= 4 is 11.9 Å². The highest BCUT2D eigenvalue weighted by Crippen LogP contribution is 2.25. The second-order valence-electron chi connectivity index (χ2n) is 5.50. The van der Waals surface area contributed by atoms with Gasteiger partial charge in [-0.15, -0.1) is 0 Å². The van der Waals surface area contributed by atoms with Crippen molar-refractivity contribution < 1.29 is 14.3 Å². The normalized spacial score (nSPS) is 21.6. The zero-order valence-electron chi connectivity index (χ0n) is 12.4. The molecule has 0 atom stereocenters. The van der Waals surface area contributed by atoms with Crippen LogP contribution in [0.3, 0.4) is 0 Å². The second-order valence-corrected chi connectivity index (χ2v) is 5.50. The van der Waals surface area contributed by atoms with E-state index in [0.717, 1.165) is 31.2 Å². The number of aryl methyl sites for hydroxylation is 1. The quantitative estimate of drug-likeness (QED) is 0.840. The van der Waals surface area contributed by atoms with E-state index in [1.165, 1.54) is 7.11 Å². The highest BCUT2D eigenvalue weighted by molar-refractivity contribution is 5.76. The van der Waals surface area contributed by atoms with Crippen LogP contribution in [0.5, 0.6) is 0 Å². The maximum Gasteiger partial charge on any atom is 0.308 e. The summed E-state index contributed by atoms with van der Waals surface area (Å²) < 4.78 is 4.76. The highest BCUT2D eigenvalue weighted by Gasteiger charge is 2.27. The minimum absolute atomic E-state index is 0.00135. The first kappa shape index (κ1) is 15.5. The molecule has 1 aromatic rings. The van der Waals surface area contributed by atoms with Gasteiger partial charge in [-0.05, 0) is 43.7 Å². The molecule has 1 fully saturated rings. The van der Waals surface area contributed by atoms with Gasteiger partial charge in [0.2, 0.25) is 5.91 Å². The van der Waals surface area contributed by atoms with E-state index < -0.39 is 0 Å². The summed E-state index contributed by atoms with van der Waals surface area (Å²) in [5.41, 5.74) is 1.07. The molecule has 1 saturated carbocycles. The number of nitrogens with zero attached hydrogens (tertiary/aromatic N) is 1. The molecule has 0 saturated heterocycles. The van der Waals surface area contributed by atoms with Gasteiger partial charge in [-0.2, -0.15) is 0 Å². The molecule has 5 nitrogen and oxygen atoms in total. The van der Waals surface area contributed by atoms with Gasteiger partial charge in [0.25, 0.3) is 0 Å². The van der Waals surface area contributed by atoms with Crippen LogP contribution in [0.1, 0.15) is 37.7 Å². The minimum atomic E-state index is -0.128. The molecule has 1 N–H and O–H groups in total. The van der Waals surface area contributed by atoms with Crippen molar-refractivity contribution in [2.75, 3.05) is 7.11 Å². The van der Waals surface area contributed by atoms with E-state index in [0.29, 0.717) is 12.8 Å². The van der Waals surface area contributed by atoms with Gasteiger partial charge >= 0.3 is 5.97 Å². The van der Waals surface area contributed by atoms with E-state index in [2.05, 4.69) is 10.3 Å². The lowest BCUT2D eigenvalue weighted by Crippen LogP contribution is -2.39. The number of pyridine rings is 1. The van der Waals surface area contributed by atoms with Gasteiger partial charge in [0.1, 0.15) is 0 Å². The van der Waals surface area contributed by atoms with E-state index in [1.807, 2.05) is 12.1 Å². The summed E-state index contributed by atoms with van der Waals surface area (Å²) in [5, 5.41) is 3.06. The summed E-state index contributed by atoms with van der Waals surface area (Å²) in [7, 11) is 1.43. The summed E-state index contributed by atoms with van der Waals surface area (Å²) in [6.45, 7) is 0. The van der Waals surface area contributed by atoms with Crippen molar-refractivity contribution in [2.45, 2.75) is 44.6 Å². The number of hydrogen-bond acceptors (Lipinski definition) is 4. The molecule has 0 aliphatic heterocycles. The van der Waals surface area contributed by atoms with Gasteiger partial charge in [-0.25, -0.2) is 0 Å². The van der Waals surface area contributed by atoms with Crippen LogP contribution in [-0.2, 0) is 20.7 Å². The largest absolute Gasteiger partial charge is 0.469 e. The third kappa shape index (κ3) is 4.85. The van der Waals surface area contributed by atoms with Crippen LogP contribution in [-0.4, -0.2) is 30.0 Å². The Bertz CT molecular complexity index is 468. The first-order valence-corrected chi connectivity index (χ1v) is 7.45. The SMILES string of the molecule is COC(=O)C1CCC(NC(=O)CCc2cccnc2)CC1. The van der Waals surface area contributed by atoms with Crippen molar-refractivity contribution in [3.63, 3.8) is 0 Å². The summed E-state index contributed by atoms with van der Waals surface area (Å²) in [4.78, 5) is 27.4. The Hall–Kier alpha value is -1.91. The molecule has 0 unspecified atom stereocenters. The van der Waals surface area contributed by atoms with E-state index in [-0.39, 0.29) is 23.8 Å². The Kier molecular flexibility index (Phi) is 5.72. The van der Waals surface area contributed by atoms with Crippen LogP contribution in [0.25, 0.3) is 0 Å². The van der Waals surface area contributed by atoms with Gasteiger partial charge in [0, 0.05) is 24.9 Å². The summed E-state index contributed by atoms with van der Waals surface area (Å²) in [5.74, 6) is -0.0599. The van der Waals surface area contributed by atoms with Crippen molar-refractivity contribution in [3.8, 4) is 0 Å². The van der Waals surface area contributed by atoms with Gasteiger partial charge in [-0.1, -0.05) is 6.07 Å². The fourth-order valence-corrected chi connectivity index (χ4v) is 2.74. The number of carbonyl (C=O) groups is 2. The molecule has 0 aromatic carbocycles. The van der Waals surface area contributed by atoms with E-state index >= 15 is 0 Å². The standard InChI is InChI=1S/C16H22N2O3/c1-21-16(20)13-5-7-14(8-6-13)18-15(19)9-4-12-3-2-10-17-11-12/h2-3,10-11,13-14H,4-9H2,1H3,(H,18,19). The van der Waals surface area contributed by atoms with E-state index in [4.69, 9.17) is 4.74 Å². The predicted octanol–water partition coefficient (Wildman–Crippen LogP) is 1.86. The maximum absolute atomic E-state index is 11.9. The first-order valence-electron chi connectivity index (χ1n) is 7.45. The van der Waals surface area contributed by atoms with E-state index in [9.17, 15) is 9.59 Å². The van der Waals surface area contributed by atoms with Crippen LogP contribution < -0.4 is 5.32 Å². The van der Waals surface area contributed by atoms with Crippen molar-refractivity contribution in [2.24, 2.45) is 5.92 Å². The van der Waals surface area contributed by atoms with Crippen molar-refractivity contribution in [1.29, 1.82) is 0 Å². The van der Waals surface area contributed by atoms with Crippen LogP contribution in [0.2, 0.25) is 0 Å². The molecule has 0 bridgehead atoms. The Labute approximate surface area is 125 Å². The molecule has 2 rings (SSSR count). The zero-order valence-corrected chi connectivity index (χ0v) is 12.4. The monoisotopic (exact) mass is 290 g/mol. The molecule has 21 heavy (non-hydrogen) atoms. The number of ether oxygens (including phenoxy) is 1. The fourth-order valence-electron chi connectivity index (χ4n) is 2.74. The second kappa shape index (κ2) is 7.76. The fraction of sp³-hybridized carbons (Fsp3) is 0.562. The van der Waals surface area contributed by atoms with Crippen LogP contribution in [0, 0.1) is 5.92 Å². The molecule has 114 valence electrons. The average molecular weight is 290 g/mol. The van der Waals surface area contributed by atoms with Crippen LogP contribution in [0.4, 0.5) is 0 Å². The number of hydrogen-bond donors (Lipinski definition) is 1. The summed E-state index contributed by atoms with van der Waals surface area (Å²) in [6, 6.07) is 4.04. The molecular formula is C16H22N2O3. The Morgan fingerprint density at radius 1 is 1.33 bits per heavy atom. The number of esters is 1. The third-order valence-electron chi connectivity index (χ3n) is 3.99. The zero-order chi connectivity index (χ0) is 15.1. The Morgan fingerprint density at radius 2 is 2.10 bits per heavy atom. The highest BCUT2D eigenvalue weighted by atomic mass is 16.5. The molecule has 0 spiro atoms. The number of nitrogens with one attached hydrogen (secondary N) is 1. The molecule has 5 heteroatoms. The number of methoxy groups -OCH3 is 1. The smallest absolute Gasteiger partial charge is 0.308 e. The molecule has 1 aliphatic carbocycles. The number of rotatable bonds is 5. The number of amides is 1.